The van der Waals surface area contributed by atoms with Gasteiger partial charge in [-0.3, -0.25) is 0 Å². The highest BCUT2D eigenvalue weighted by molar-refractivity contribution is 7.12. The largest absolute Gasteiger partial charge is 0.477 e. The molecule has 1 aliphatic heterocycles. The molecule has 1 unspecified atom stereocenters. The standard InChI is InChI=1S/C15H24N2O2S/c1-12-5-2-3-8-17(12)9-4-7-16-11-13-6-10-20-14(13)15(18)19/h6,10,12,16H,2-5,7-9,11H2,1H3,(H,18,19). The molecule has 1 saturated heterocycles. The summed E-state index contributed by atoms with van der Waals surface area (Å²) in [5, 5.41) is 14.2. The summed E-state index contributed by atoms with van der Waals surface area (Å²) in [4.78, 5) is 14.0. The van der Waals surface area contributed by atoms with E-state index in [0.29, 0.717) is 11.4 Å². The summed E-state index contributed by atoms with van der Waals surface area (Å²) in [6.45, 7) is 6.29. The van der Waals surface area contributed by atoms with Gasteiger partial charge in [-0.1, -0.05) is 6.42 Å². The SMILES string of the molecule is CC1CCCCN1CCCNCc1ccsc1C(=O)O. The third kappa shape index (κ3) is 4.30. The van der Waals surface area contributed by atoms with E-state index in [1.807, 2.05) is 11.4 Å². The van der Waals surface area contributed by atoms with Gasteiger partial charge >= 0.3 is 5.97 Å². The number of hydrogen-bond acceptors (Lipinski definition) is 4. The molecule has 0 aromatic carbocycles. The minimum Gasteiger partial charge on any atom is -0.477 e. The number of thiophene rings is 1. The third-order valence-electron chi connectivity index (χ3n) is 4.00. The lowest BCUT2D eigenvalue weighted by atomic mass is 10.0. The number of carboxylic acid groups (broad SMARTS) is 1. The molecule has 1 atom stereocenters. The summed E-state index contributed by atoms with van der Waals surface area (Å²) >= 11 is 1.30. The second-order valence-corrected chi connectivity index (χ2v) is 6.41. The first-order valence-corrected chi connectivity index (χ1v) is 8.31. The van der Waals surface area contributed by atoms with Crippen molar-refractivity contribution < 1.29 is 9.90 Å². The summed E-state index contributed by atoms with van der Waals surface area (Å²) in [5.41, 5.74) is 0.897. The number of hydrogen-bond donors (Lipinski definition) is 2. The molecule has 2 N–H and O–H groups in total. The van der Waals surface area contributed by atoms with Crippen molar-refractivity contribution in [3.63, 3.8) is 0 Å². The Labute approximate surface area is 124 Å². The van der Waals surface area contributed by atoms with E-state index in [4.69, 9.17) is 5.11 Å². The zero-order valence-electron chi connectivity index (χ0n) is 12.1. The Morgan fingerprint density at radius 1 is 1.55 bits per heavy atom. The topological polar surface area (TPSA) is 52.6 Å². The molecule has 1 aromatic heterocycles. The number of nitrogens with zero attached hydrogens (tertiary/aromatic N) is 1. The minimum atomic E-state index is -0.820. The van der Waals surface area contributed by atoms with Gasteiger partial charge in [0.05, 0.1) is 0 Å². The second-order valence-electron chi connectivity index (χ2n) is 5.49. The van der Waals surface area contributed by atoms with E-state index in [1.165, 1.54) is 37.1 Å². The van der Waals surface area contributed by atoms with Crippen LogP contribution in [0, 0.1) is 0 Å². The van der Waals surface area contributed by atoms with Crippen molar-refractivity contribution in [1.82, 2.24) is 10.2 Å². The number of likely N-dealkylation sites (tertiary alicyclic amines) is 1. The van der Waals surface area contributed by atoms with Gasteiger partial charge < -0.3 is 15.3 Å². The van der Waals surface area contributed by atoms with E-state index in [2.05, 4.69) is 17.1 Å². The molecule has 0 amide bonds. The summed E-state index contributed by atoms with van der Waals surface area (Å²) in [7, 11) is 0. The maximum Gasteiger partial charge on any atom is 0.346 e. The fourth-order valence-corrected chi connectivity index (χ4v) is 3.54. The summed E-state index contributed by atoms with van der Waals surface area (Å²) < 4.78 is 0. The maximum atomic E-state index is 11.0. The van der Waals surface area contributed by atoms with Crippen LogP contribution in [0.3, 0.4) is 0 Å². The Kier molecular flexibility index (Phi) is 6.01. The van der Waals surface area contributed by atoms with Crippen LogP contribution in [-0.2, 0) is 6.54 Å². The van der Waals surface area contributed by atoms with Crippen LogP contribution in [0.1, 0.15) is 47.8 Å². The molecule has 0 radical (unpaired) electrons. The molecule has 2 heterocycles. The zero-order valence-corrected chi connectivity index (χ0v) is 12.9. The van der Waals surface area contributed by atoms with E-state index >= 15 is 0 Å². The van der Waals surface area contributed by atoms with Crippen LogP contribution in [0.5, 0.6) is 0 Å². The van der Waals surface area contributed by atoms with Gasteiger partial charge in [-0.05, 0) is 62.8 Å². The van der Waals surface area contributed by atoms with E-state index in [-0.39, 0.29) is 0 Å². The lowest BCUT2D eigenvalue weighted by Crippen LogP contribution is -2.38. The molecule has 2 rings (SSSR count). The van der Waals surface area contributed by atoms with Crippen molar-refractivity contribution in [3.8, 4) is 0 Å². The van der Waals surface area contributed by atoms with Gasteiger partial charge in [0, 0.05) is 12.6 Å². The molecule has 0 aliphatic carbocycles. The molecule has 0 saturated carbocycles. The van der Waals surface area contributed by atoms with Crippen LogP contribution in [0.25, 0.3) is 0 Å². The smallest absolute Gasteiger partial charge is 0.346 e. The molecular weight excluding hydrogens is 272 g/mol. The summed E-state index contributed by atoms with van der Waals surface area (Å²) in [5.74, 6) is -0.820. The maximum absolute atomic E-state index is 11.0. The Bertz CT molecular complexity index is 433. The van der Waals surface area contributed by atoms with Crippen LogP contribution in [-0.4, -0.2) is 41.7 Å². The number of piperidine rings is 1. The monoisotopic (exact) mass is 296 g/mol. The van der Waals surface area contributed by atoms with Crippen LogP contribution >= 0.6 is 11.3 Å². The minimum absolute atomic E-state index is 0.460. The van der Waals surface area contributed by atoms with E-state index < -0.39 is 5.97 Å². The first kappa shape index (κ1) is 15.5. The molecule has 112 valence electrons. The van der Waals surface area contributed by atoms with E-state index in [1.54, 1.807) is 0 Å². The van der Waals surface area contributed by atoms with Gasteiger partial charge in [-0.15, -0.1) is 11.3 Å². The molecule has 20 heavy (non-hydrogen) atoms. The Balaban J connectivity index is 1.64. The fraction of sp³-hybridized carbons (Fsp3) is 0.667. The zero-order chi connectivity index (χ0) is 14.4. The molecule has 1 fully saturated rings. The Morgan fingerprint density at radius 2 is 2.40 bits per heavy atom. The molecule has 0 bridgehead atoms. The molecule has 1 aromatic rings. The molecule has 1 aliphatic rings. The summed E-state index contributed by atoms with van der Waals surface area (Å²) in [6, 6.07) is 2.62. The van der Waals surface area contributed by atoms with Crippen LogP contribution in [0.15, 0.2) is 11.4 Å². The van der Waals surface area contributed by atoms with Crippen LogP contribution < -0.4 is 5.32 Å². The van der Waals surface area contributed by atoms with Gasteiger partial charge in [0.15, 0.2) is 0 Å². The average molecular weight is 296 g/mol. The number of rotatable bonds is 7. The van der Waals surface area contributed by atoms with Crippen LogP contribution in [0.4, 0.5) is 0 Å². The fourth-order valence-electron chi connectivity index (χ4n) is 2.78. The lowest BCUT2D eigenvalue weighted by molar-refractivity contribution is 0.0701. The van der Waals surface area contributed by atoms with Crippen molar-refractivity contribution in [3.05, 3.63) is 21.9 Å². The highest BCUT2D eigenvalue weighted by Gasteiger charge is 2.17. The first-order chi connectivity index (χ1) is 9.68. The predicted molar refractivity (Wildman–Crippen MR) is 82.5 cm³/mol. The van der Waals surface area contributed by atoms with Gasteiger partial charge in [0.2, 0.25) is 0 Å². The third-order valence-corrected chi connectivity index (χ3v) is 4.94. The van der Waals surface area contributed by atoms with E-state index in [0.717, 1.165) is 31.1 Å². The number of carboxylic acids is 1. The van der Waals surface area contributed by atoms with Crippen molar-refractivity contribution in [2.75, 3.05) is 19.6 Å². The first-order valence-electron chi connectivity index (χ1n) is 7.43. The number of carbonyl (C=O) groups is 1. The molecular formula is C15H24N2O2S. The van der Waals surface area contributed by atoms with Crippen molar-refractivity contribution in [1.29, 1.82) is 0 Å². The van der Waals surface area contributed by atoms with Gasteiger partial charge in [-0.2, -0.15) is 0 Å². The van der Waals surface area contributed by atoms with Gasteiger partial charge in [0.25, 0.3) is 0 Å². The molecule has 0 spiro atoms. The number of nitrogens with one attached hydrogen (secondary N) is 1. The van der Waals surface area contributed by atoms with E-state index in [9.17, 15) is 4.79 Å². The normalized spacial score (nSPS) is 20.1. The Hall–Kier alpha value is -0.910. The van der Waals surface area contributed by atoms with Crippen molar-refractivity contribution >= 4 is 17.3 Å². The highest BCUT2D eigenvalue weighted by Crippen LogP contribution is 2.17. The predicted octanol–water partition coefficient (Wildman–Crippen LogP) is 2.80. The van der Waals surface area contributed by atoms with Crippen molar-refractivity contribution in [2.24, 2.45) is 0 Å². The van der Waals surface area contributed by atoms with Gasteiger partial charge in [0.1, 0.15) is 4.88 Å². The highest BCUT2D eigenvalue weighted by atomic mass is 32.1. The van der Waals surface area contributed by atoms with Crippen LogP contribution in [0.2, 0.25) is 0 Å². The quantitative estimate of drug-likeness (QED) is 0.760. The molecule has 4 nitrogen and oxygen atoms in total. The Morgan fingerprint density at radius 3 is 3.15 bits per heavy atom. The molecule has 5 heteroatoms. The van der Waals surface area contributed by atoms with Gasteiger partial charge in [-0.25, -0.2) is 4.79 Å². The second kappa shape index (κ2) is 7.76. The van der Waals surface area contributed by atoms with Crippen molar-refractivity contribution in [2.45, 2.75) is 45.2 Å². The lowest BCUT2D eigenvalue weighted by Gasteiger charge is -2.33. The average Bonchev–Trinajstić information content (AvgIpc) is 2.89. The number of aromatic carboxylic acids is 1. The summed E-state index contributed by atoms with van der Waals surface area (Å²) in [6.07, 6.45) is 5.14.